The summed E-state index contributed by atoms with van der Waals surface area (Å²) in [5.74, 6) is -1.01. The molecule has 5 nitrogen and oxygen atoms in total. The van der Waals surface area contributed by atoms with Crippen LogP contribution in [0.5, 0.6) is 5.75 Å². The minimum Gasteiger partial charge on any atom is -0.480 e. The summed E-state index contributed by atoms with van der Waals surface area (Å²) in [6.07, 6.45) is 0.00835. The second-order valence-electron chi connectivity index (χ2n) is 8.15. The Morgan fingerprint density at radius 3 is 2.29 bits per heavy atom. The molecule has 0 heterocycles. The molecule has 0 aromatic heterocycles. The Morgan fingerprint density at radius 2 is 1.71 bits per heavy atom. The summed E-state index contributed by atoms with van der Waals surface area (Å²) in [6.45, 7) is 5.09. The first-order chi connectivity index (χ1) is 15.9. The first-order valence-corrected chi connectivity index (χ1v) is 12.9. The molecule has 0 aliphatic rings. The molecular weight excluding hydrogens is 500 g/mol. The highest BCUT2D eigenvalue weighted by atomic mass is 35.5. The molecule has 0 spiro atoms. The van der Waals surface area contributed by atoms with Crippen LogP contribution in [0.3, 0.4) is 0 Å². The summed E-state index contributed by atoms with van der Waals surface area (Å²) >= 11 is 12.2. The van der Waals surface area contributed by atoms with E-state index in [1.807, 2.05) is 0 Å². The number of rotatable bonds is 8. The number of nitrogens with one attached hydrogen (secondary N) is 1. The number of hydrogen-bond acceptors (Lipinski definition) is 4. The molecule has 3 aromatic carbocycles. The van der Waals surface area contributed by atoms with Crippen molar-refractivity contribution in [1.29, 1.82) is 0 Å². The van der Waals surface area contributed by atoms with Gasteiger partial charge in [-0.2, -0.15) is 0 Å². The van der Waals surface area contributed by atoms with E-state index < -0.39 is 21.3 Å². The van der Waals surface area contributed by atoms with Crippen molar-refractivity contribution in [3.05, 3.63) is 87.7 Å². The summed E-state index contributed by atoms with van der Waals surface area (Å²) in [6, 6.07) is 15.3. The molecule has 180 valence electrons. The summed E-state index contributed by atoms with van der Waals surface area (Å²) in [4.78, 5) is 12.6. The maximum absolute atomic E-state index is 14.7. The molecule has 3 aromatic rings. The molecule has 34 heavy (non-hydrogen) atoms. The molecule has 0 saturated carbocycles. The molecule has 9 heteroatoms. The molecule has 0 atom stereocenters. The van der Waals surface area contributed by atoms with Crippen molar-refractivity contribution in [2.45, 2.75) is 37.7 Å². The zero-order valence-corrected chi connectivity index (χ0v) is 21.2. The molecule has 0 aliphatic heterocycles. The van der Waals surface area contributed by atoms with Gasteiger partial charge < -0.3 is 10.1 Å². The topological polar surface area (TPSA) is 72.5 Å². The SMILES string of the molecule is CCS(=O)(=O)c1ccc(CC(=O)Nc2ccc(OC(C)(C)c3ccc(Cl)cc3Cl)c(F)c2)cc1. The van der Waals surface area contributed by atoms with Crippen molar-refractivity contribution >= 4 is 44.6 Å². The summed E-state index contributed by atoms with van der Waals surface area (Å²) in [5.41, 5.74) is 0.607. The van der Waals surface area contributed by atoms with Crippen molar-refractivity contribution < 1.29 is 22.3 Å². The molecule has 0 fully saturated rings. The van der Waals surface area contributed by atoms with E-state index in [9.17, 15) is 17.6 Å². The lowest BCUT2D eigenvalue weighted by atomic mass is 9.98. The molecule has 0 bridgehead atoms. The second kappa shape index (κ2) is 10.3. The van der Waals surface area contributed by atoms with Gasteiger partial charge in [0.25, 0.3) is 0 Å². The Hall–Kier alpha value is -2.61. The normalized spacial score (nSPS) is 11.8. The Balaban J connectivity index is 1.67. The molecule has 3 rings (SSSR count). The van der Waals surface area contributed by atoms with E-state index in [1.54, 1.807) is 51.1 Å². The molecule has 1 N–H and O–H groups in total. The molecule has 0 unspecified atom stereocenters. The third kappa shape index (κ3) is 6.29. The Kier molecular flexibility index (Phi) is 7.91. The summed E-state index contributed by atoms with van der Waals surface area (Å²) in [7, 11) is -3.30. The van der Waals surface area contributed by atoms with Gasteiger partial charge in [-0.25, -0.2) is 12.8 Å². The van der Waals surface area contributed by atoms with E-state index in [0.29, 0.717) is 21.2 Å². The van der Waals surface area contributed by atoms with Crippen LogP contribution in [0.25, 0.3) is 0 Å². The van der Waals surface area contributed by atoms with Crippen LogP contribution in [0.4, 0.5) is 10.1 Å². The largest absolute Gasteiger partial charge is 0.480 e. The standard InChI is InChI=1S/C25H24Cl2FNO4S/c1-4-34(31,32)19-9-5-16(6-10-19)13-24(30)29-18-8-12-23(22(28)15-18)33-25(2,3)20-11-7-17(26)14-21(20)27/h5-12,14-15H,4,13H2,1-3H3,(H,29,30). The molecule has 0 saturated heterocycles. The minimum atomic E-state index is -3.30. The number of anilines is 1. The number of benzene rings is 3. The number of sulfone groups is 1. The smallest absolute Gasteiger partial charge is 0.228 e. The van der Waals surface area contributed by atoms with E-state index in [2.05, 4.69) is 5.32 Å². The van der Waals surface area contributed by atoms with E-state index in [0.717, 1.165) is 0 Å². The maximum atomic E-state index is 14.7. The van der Waals surface area contributed by atoms with Gasteiger partial charge in [0.1, 0.15) is 5.60 Å². The fourth-order valence-electron chi connectivity index (χ4n) is 3.34. The molecule has 0 radical (unpaired) electrons. The molecular formula is C25H24Cl2FNO4S. The van der Waals surface area contributed by atoms with E-state index in [1.165, 1.54) is 30.3 Å². The van der Waals surface area contributed by atoms with E-state index in [4.69, 9.17) is 27.9 Å². The van der Waals surface area contributed by atoms with Crippen LogP contribution in [0.2, 0.25) is 10.0 Å². The van der Waals surface area contributed by atoms with Crippen LogP contribution in [0, 0.1) is 5.82 Å². The zero-order valence-electron chi connectivity index (χ0n) is 18.9. The van der Waals surface area contributed by atoms with Gasteiger partial charge in [-0.05, 0) is 55.8 Å². The minimum absolute atomic E-state index is 0.00161. The highest BCUT2D eigenvalue weighted by Crippen LogP contribution is 2.35. The van der Waals surface area contributed by atoms with Crippen molar-refractivity contribution in [3.63, 3.8) is 0 Å². The van der Waals surface area contributed by atoms with Crippen LogP contribution >= 0.6 is 23.2 Å². The lowest BCUT2D eigenvalue weighted by molar-refractivity contribution is -0.115. The van der Waals surface area contributed by atoms with Gasteiger partial charge in [-0.15, -0.1) is 0 Å². The Labute approximate surface area is 208 Å². The van der Waals surface area contributed by atoms with E-state index >= 15 is 0 Å². The van der Waals surface area contributed by atoms with Crippen LogP contribution in [-0.4, -0.2) is 20.1 Å². The fourth-order valence-corrected chi connectivity index (χ4v) is 4.86. The van der Waals surface area contributed by atoms with Crippen LogP contribution in [-0.2, 0) is 26.7 Å². The number of carbonyl (C=O) groups is 1. The number of amides is 1. The summed E-state index contributed by atoms with van der Waals surface area (Å²) < 4.78 is 44.4. The average Bonchev–Trinajstić information content (AvgIpc) is 2.75. The predicted molar refractivity (Wildman–Crippen MR) is 133 cm³/mol. The molecule has 0 aliphatic carbocycles. The van der Waals surface area contributed by atoms with Gasteiger partial charge in [0, 0.05) is 27.4 Å². The predicted octanol–water partition coefficient (Wildman–Crippen LogP) is 6.42. The van der Waals surface area contributed by atoms with Gasteiger partial charge in [-0.1, -0.05) is 48.3 Å². The van der Waals surface area contributed by atoms with Crippen molar-refractivity contribution in [2.75, 3.05) is 11.1 Å². The number of carbonyl (C=O) groups excluding carboxylic acids is 1. The third-order valence-electron chi connectivity index (χ3n) is 5.19. The van der Waals surface area contributed by atoms with Crippen LogP contribution in [0.15, 0.2) is 65.6 Å². The van der Waals surface area contributed by atoms with Gasteiger partial charge in [-0.3, -0.25) is 4.79 Å². The third-order valence-corrected chi connectivity index (χ3v) is 7.49. The highest BCUT2D eigenvalue weighted by Gasteiger charge is 2.27. The molecule has 1 amide bonds. The summed E-state index contributed by atoms with van der Waals surface area (Å²) in [5, 5.41) is 3.52. The Morgan fingerprint density at radius 1 is 1.03 bits per heavy atom. The maximum Gasteiger partial charge on any atom is 0.228 e. The quantitative estimate of drug-likeness (QED) is 0.369. The van der Waals surface area contributed by atoms with Gasteiger partial charge in [0.15, 0.2) is 21.4 Å². The van der Waals surface area contributed by atoms with Gasteiger partial charge in [0.05, 0.1) is 17.1 Å². The average molecular weight is 524 g/mol. The van der Waals surface area contributed by atoms with Crippen molar-refractivity contribution in [2.24, 2.45) is 0 Å². The zero-order chi connectivity index (χ0) is 25.1. The first kappa shape index (κ1) is 26.0. The number of hydrogen-bond donors (Lipinski definition) is 1. The fraction of sp³-hybridized carbons (Fsp3) is 0.240. The van der Waals surface area contributed by atoms with Gasteiger partial charge >= 0.3 is 0 Å². The van der Waals surface area contributed by atoms with Crippen molar-refractivity contribution in [1.82, 2.24) is 0 Å². The highest BCUT2D eigenvalue weighted by molar-refractivity contribution is 7.91. The lowest BCUT2D eigenvalue weighted by Crippen LogP contribution is -2.26. The second-order valence-corrected chi connectivity index (χ2v) is 11.3. The Bertz CT molecular complexity index is 1310. The van der Waals surface area contributed by atoms with Crippen molar-refractivity contribution in [3.8, 4) is 5.75 Å². The van der Waals surface area contributed by atoms with E-state index in [-0.39, 0.29) is 34.4 Å². The monoisotopic (exact) mass is 523 g/mol. The first-order valence-electron chi connectivity index (χ1n) is 10.5. The van der Waals surface area contributed by atoms with Crippen LogP contribution < -0.4 is 10.1 Å². The van der Waals surface area contributed by atoms with Crippen LogP contribution in [0.1, 0.15) is 31.9 Å². The number of halogens is 3. The lowest BCUT2D eigenvalue weighted by Gasteiger charge is -2.28. The number of ether oxygens (including phenoxy) is 1. The van der Waals surface area contributed by atoms with Gasteiger partial charge in [0.2, 0.25) is 5.91 Å².